The standard InChI is InChI=1S/C16H15BrO3/c1-11-7-13(16(18)19)5-6-14(11)10-20-9-12-3-2-4-15(17)8-12/h2-8H,9-10H2,1H3,(H,18,19). The molecular formula is C16H15BrO3. The Morgan fingerprint density at radius 1 is 1.20 bits per heavy atom. The largest absolute Gasteiger partial charge is 0.478 e. The molecule has 0 aliphatic heterocycles. The van der Waals surface area contributed by atoms with Gasteiger partial charge < -0.3 is 9.84 Å². The van der Waals surface area contributed by atoms with Crippen molar-refractivity contribution < 1.29 is 14.6 Å². The first-order chi connectivity index (χ1) is 9.56. The minimum Gasteiger partial charge on any atom is -0.478 e. The van der Waals surface area contributed by atoms with Gasteiger partial charge in [0.25, 0.3) is 0 Å². The predicted octanol–water partition coefficient (Wildman–Crippen LogP) is 4.17. The normalized spacial score (nSPS) is 10.5. The molecule has 3 nitrogen and oxygen atoms in total. The van der Waals surface area contributed by atoms with Crippen molar-refractivity contribution in [2.75, 3.05) is 0 Å². The van der Waals surface area contributed by atoms with Crippen molar-refractivity contribution in [2.45, 2.75) is 20.1 Å². The molecule has 0 saturated heterocycles. The minimum absolute atomic E-state index is 0.304. The van der Waals surface area contributed by atoms with Crippen molar-refractivity contribution in [3.63, 3.8) is 0 Å². The number of ether oxygens (including phenoxy) is 1. The highest BCUT2D eigenvalue weighted by atomic mass is 79.9. The van der Waals surface area contributed by atoms with E-state index in [0.717, 1.165) is 21.2 Å². The first kappa shape index (κ1) is 14.8. The van der Waals surface area contributed by atoms with E-state index in [1.54, 1.807) is 18.2 Å². The smallest absolute Gasteiger partial charge is 0.335 e. The van der Waals surface area contributed by atoms with Gasteiger partial charge >= 0.3 is 5.97 Å². The summed E-state index contributed by atoms with van der Waals surface area (Å²) in [6.07, 6.45) is 0. The van der Waals surface area contributed by atoms with Gasteiger partial charge in [-0.2, -0.15) is 0 Å². The Labute approximate surface area is 126 Å². The van der Waals surface area contributed by atoms with Crippen molar-refractivity contribution in [1.82, 2.24) is 0 Å². The van der Waals surface area contributed by atoms with Crippen LogP contribution in [0.3, 0.4) is 0 Å². The average molecular weight is 335 g/mol. The van der Waals surface area contributed by atoms with Gasteiger partial charge in [-0.3, -0.25) is 0 Å². The second kappa shape index (κ2) is 6.68. The van der Waals surface area contributed by atoms with Crippen molar-refractivity contribution in [2.24, 2.45) is 0 Å². The Morgan fingerprint density at radius 2 is 2.00 bits per heavy atom. The molecule has 0 aliphatic rings. The molecule has 4 heteroatoms. The Bertz CT molecular complexity index is 623. The number of halogens is 1. The number of carboxylic acid groups (broad SMARTS) is 1. The van der Waals surface area contributed by atoms with Crippen LogP contribution in [0.25, 0.3) is 0 Å². The van der Waals surface area contributed by atoms with Crippen LogP contribution in [-0.2, 0) is 18.0 Å². The Balaban J connectivity index is 1.96. The molecule has 0 atom stereocenters. The van der Waals surface area contributed by atoms with E-state index >= 15 is 0 Å². The summed E-state index contributed by atoms with van der Waals surface area (Å²) in [6.45, 7) is 2.89. The Kier molecular flexibility index (Phi) is 4.93. The minimum atomic E-state index is -0.908. The summed E-state index contributed by atoms with van der Waals surface area (Å²) in [6, 6.07) is 13.0. The number of aryl methyl sites for hydroxylation is 1. The molecule has 2 rings (SSSR count). The summed E-state index contributed by atoms with van der Waals surface area (Å²) < 4.78 is 6.70. The molecule has 0 fully saturated rings. The van der Waals surface area contributed by atoms with E-state index in [4.69, 9.17) is 9.84 Å². The van der Waals surface area contributed by atoms with E-state index in [2.05, 4.69) is 15.9 Å². The summed E-state index contributed by atoms with van der Waals surface area (Å²) in [7, 11) is 0. The summed E-state index contributed by atoms with van der Waals surface area (Å²) in [4.78, 5) is 10.9. The van der Waals surface area contributed by atoms with Crippen LogP contribution in [0, 0.1) is 6.92 Å². The first-order valence-electron chi connectivity index (χ1n) is 6.21. The Morgan fingerprint density at radius 3 is 2.65 bits per heavy atom. The maximum atomic E-state index is 10.9. The third-order valence-corrected chi connectivity index (χ3v) is 3.50. The van der Waals surface area contributed by atoms with Gasteiger partial charge in [-0.05, 0) is 47.9 Å². The molecule has 2 aromatic carbocycles. The SMILES string of the molecule is Cc1cc(C(=O)O)ccc1COCc1cccc(Br)c1. The molecule has 0 heterocycles. The molecule has 20 heavy (non-hydrogen) atoms. The maximum Gasteiger partial charge on any atom is 0.335 e. The van der Waals surface area contributed by atoms with Crippen molar-refractivity contribution >= 4 is 21.9 Å². The van der Waals surface area contributed by atoms with Gasteiger partial charge in [-0.15, -0.1) is 0 Å². The molecular weight excluding hydrogens is 320 g/mol. The fourth-order valence-electron chi connectivity index (χ4n) is 1.90. The lowest BCUT2D eigenvalue weighted by molar-refractivity contribution is 0.0696. The average Bonchev–Trinajstić information content (AvgIpc) is 2.40. The maximum absolute atomic E-state index is 10.9. The summed E-state index contributed by atoms with van der Waals surface area (Å²) in [5.74, 6) is -0.908. The summed E-state index contributed by atoms with van der Waals surface area (Å²) in [5, 5.41) is 8.92. The van der Waals surface area contributed by atoms with Crippen LogP contribution in [-0.4, -0.2) is 11.1 Å². The number of aromatic carboxylic acids is 1. The zero-order chi connectivity index (χ0) is 14.5. The zero-order valence-corrected chi connectivity index (χ0v) is 12.7. The molecule has 0 aromatic heterocycles. The van der Waals surface area contributed by atoms with Crippen LogP contribution < -0.4 is 0 Å². The van der Waals surface area contributed by atoms with E-state index in [1.165, 1.54) is 0 Å². The summed E-state index contributed by atoms with van der Waals surface area (Å²) in [5.41, 5.74) is 3.33. The van der Waals surface area contributed by atoms with Gasteiger partial charge in [0.2, 0.25) is 0 Å². The fourth-order valence-corrected chi connectivity index (χ4v) is 2.34. The van der Waals surface area contributed by atoms with Gasteiger partial charge in [-0.1, -0.05) is 34.1 Å². The highest BCUT2D eigenvalue weighted by Gasteiger charge is 2.05. The second-order valence-corrected chi connectivity index (χ2v) is 5.48. The lowest BCUT2D eigenvalue weighted by atomic mass is 10.1. The molecule has 1 N–H and O–H groups in total. The quantitative estimate of drug-likeness (QED) is 0.892. The van der Waals surface area contributed by atoms with Gasteiger partial charge in [0.05, 0.1) is 18.8 Å². The molecule has 0 spiro atoms. The van der Waals surface area contributed by atoms with Crippen LogP contribution >= 0.6 is 15.9 Å². The number of rotatable bonds is 5. The van der Waals surface area contributed by atoms with Crippen LogP contribution in [0.1, 0.15) is 27.0 Å². The van der Waals surface area contributed by atoms with Gasteiger partial charge in [0, 0.05) is 4.47 Å². The van der Waals surface area contributed by atoms with E-state index in [9.17, 15) is 4.79 Å². The van der Waals surface area contributed by atoms with Gasteiger partial charge in [-0.25, -0.2) is 4.79 Å². The van der Waals surface area contributed by atoms with E-state index in [1.807, 2.05) is 31.2 Å². The van der Waals surface area contributed by atoms with Crippen molar-refractivity contribution in [1.29, 1.82) is 0 Å². The monoisotopic (exact) mass is 334 g/mol. The number of carbonyl (C=O) groups is 1. The molecule has 0 radical (unpaired) electrons. The van der Waals surface area contributed by atoms with E-state index in [-0.39, 0.29) is 0 Å². The predicted molar refractivity (Wildman–Crippen MR) is 80.8 cm³/mol. The topological polar surface area (TPSA) is 46.5 Å². The third-order valence-electron chi connectivity index (χ3n) is 3.00. The molecule has 0 amide bonds. The first-order valence-corrected chi connectivity index (χ1v) is 7.00. The fraction of sp³-hybridized carbons (Fsp3) is 0.188. The highest BCUT2D eigenvalue weighted by molar-refractivity contribution is 9.10. The van der Waals surface area contributed by atoms with E-state index < -0.39 is 5.97 Å². The summed E-state index contributed by atoms with van der Waals surface area (Å²) >= 11 is 3.42. The third kappa shape index (κ3) is 3.92. The molecule has 104 valence electrons. The van der Waals surface area contributed by atoms with Crippen LogP contribution in [0.15, 0.2) is 46.9 Å². The molecule has 2 aromatic rings. The molecule has 0 unspecified atom stereocenters. The van der Waals surface area contributed by atoms with Crippen molar-refractivity contribution in [3.8, 4) is 0 Å². The second-order valence-electron chi connectivity index (χ2n) is 4.57. The van der Waals surface area contributed by atoms with Crippen molar-refractivity contribution in [3.05, 3.63) is 69.2 Å². The number of benzene rings is 2. The zero-order valence-electron chi connectivity index (χ0n) is 11.1. The van der Waals surface area contributed by atoms with Gasteiger partial charge in [0.1, 0.15) is 0 Å². The lowest BCUT2D eigenvalue weighted by Crippen LogP contribution is -2.00. The highest BCUT2D eigenvalue weighted by Crippen LogP contribution is 2.15. The van der Waals surface area contributed by atoms with Gasteiger partial charge in [0.15, 0.2) is 0 Å². The van der Waals surface area contributed by atoms with Crippen LogP contribution in [0.5, 0.6) is 0 Å². The van der Waals surface area contributed by atoms with Crippen LogP contribution in [0.2, 0.25) is 0 Å². The lowest BCUT2D eigenvalue weighted by Gasteiger charge is -2.08. The molecule has 0 bridgehead atoms. The number of hydrogen-bond donors (Lipinski definition) is 1. The number of carboxylic acids is 1. The molecule has 0 aliphatic carbocycles. The molecule has 0 saturated carbocycles. The number of hydrogen-bond acceptors (Lipinski definition) is 2. The van der Waals surface area contributed by atoms with Crippen LogP contribution in [0.4, 0.5) is 0 Å². The van der Waals surface area contributed by atoms with E-state index in [0.29, 0.717) is 18.8 Å². The Hall–Kier alpha value is -1.65.